The van der Waals surface area contributed by atoms with E-state index in [9.17, 15) is 4.79 Å². The molecule has 4 aromatic carbocycles. The summed E-state index contributed by atoms with van der Waals surface area (Å²) in [7, 11) is 3.19. The van der Waals surface area contributed by atoms with Gasteiger partial charge in [-0.25, -0.2) is 4.79 Å². The van der Waals surface area contributed by atoms with E-state index >= 15 is 0 Å². The fourth-order valence-electron chi connectivity index (χ4n) is 8.15. The summed E-state index contributed by atoms with van der Waals surface area (Å²) in [6, 6.07) is 18.7. The van der Waals surface area contributed by atoms with Gasteiger partial charge in [-0.2, -0.15) is 0 Å². The summed E-state index contributed by atoms with van der Waals surface area (Å²) in [6.45, 7) is 32.7. The number of rotatable bonds is 11. The van der Waals surface area contributed by atoms with Crippen LogP contribution in [0.3, 0.4) is 0 Å². The van der Waals surface area contributed by atoms with E-state index in [2.05, 4.69) is 145 Å². The van der Waals surface area contributed by atoms with E-state index in [4.69, 9.17) is 23.7 Å². The molecule has 0 N–H and O–H groups in total. The molecule has 0 fully saturated rings. The molecule has 61 heavy (non-hydrogen) atoms. The van der Waals surface area contributed by atoms with E-state index in [1.54, 1.807) is 7.11 Å². The van der Waals surface area contributed by atoms with Gasteiger partial charge in [-0.3, -0.25) is 0 Å². The van der Waals surface area contributed by atoms with Gasteiger partial charge in [0, 0.05) is 25.7 Å². The molecule has 0 aliphatic heterocycles. The first-order valence-corrected chi connectivity index (χ1v) is 22.6. The zero-order chi connectivity index (χ0) is 45.1. The second kappa shape index (κ2) is 18.9. The molecule has 4 aromatic rings. The van der Waals surface area contributed by atoms with Crippen molar-refractivity contribution in [3.63, 3.8) is 0 Å². The maximum atomic E-state index is 12.8. The maximum Gasteiger partial charge on any atom is 0.343 e. The molecule has 0 saturated heterocycles. The van der Waals surface area contributed by atoms with Crippen LogP contribution in [0, 0.1) is 0 Å². The van der Waals surface area contributed by atoms with Gasteiger partial charge in [-0.1, -0.05) is 152 Å². The summed E-state index contributed by atoms with van der Waals surface area (Å²) >= 11 is 0. The van der Waals surface area contributed by atoms with Crippen molar-refractivity contribution in [1.82, 2.24) is 0 Å². The Bertz CT molecular complexity index is 2180. The fraction of sp³-hybridized carbons (Fsp3) is 0.545. The molecule has 5 rings (SSSR count). The molecule has 0 unspecified atom stereocenters. The second-order valence-corrected chi connectivity index (χ2v) is 21.3. The van der Waals surface area contributed by atoms with E-state index in [1.807, 2.05) is 0 Å². The summed E-state index contributed by atoms with van der Waals surface area (Å²) < 4.78 is 32.1. The Hall–Kier alpha value is -4.45. The third-order valence-corrected chi connectivity index (χ3v) is 11.9. The van der Waals surface area contributed by atoms with E-state index in [-0.39, 0.29) is 28.3 Å². The third-order valence-electron chi connectivity index (χ3n) is 11.9. The van der Waals surface area contributed by atoms with Gasteiger partial charge in [0.1, 0.15) is 23.0 Å². The Labute approximate surface area is 369 Å². The molecule has 6 heteroatoms. The van der Waals surface area contributed by atoms with Crippen molar-refractivity contribution in [1.29, 1.82) is 0 Å². The highest BCUT2D eigenvalue weighted by Crippen LogP contribution is 2.44. The molecule has 0 atom stereocenters. The van der Waals surface area contributed by atoms with E-state index in [0.29, 0.717) is 44.6 Å². The van der Waals surface area contributed by atoms with Crippen molar-refractivity contribution in [3.05, 3.63) is 115 Å². The Morgan fingerprint density at radius 1 is 0.443 bits per heavy atom. The average Bonchev–Trinajstić information content (AvgIpc) is 3.15. The highest BCUT2D eigenvalue weighted by atomic mass is 16.6. The van der Waals surface area contributed by atoms with Crippen LogP contribution in [0.5, 0.6) is 23.0 Å². The summed E-state index contributed by atoms with van der Waals surface area (Å²) in [5.41, 5.74) is 13.1. The molecule has 1 aliphatic rings. The average molecular weight is 833 g/mol. The summed E-state index contributed by atoms with van der Waals surface area (Å²) in [5.74, 6) is 3.00. The van der Waals surface area contributed by atoms with E-state index in [0.717, 1.165) is 81.0 Å². The SMILES string of the molecule is CCCCOc1c2cc(C(C)(C)C)cc1Cc1cc(C(C)(C)C)cc(c1OCC(=O)OC)Cc1cc(C(C)(C)C)cc(c1OC)Cc1cc(C(C)(C)C)cc(c1OCCC)C2. The number of unbranched alkanes of at least 4 members (excludes halogenated alkanes) is 1. The van der Waals surface area contributed by atoms with Gasteiger partial charge in [-0.15, -0.1) is 0 Å². The molecule has 332 valence electrons. The van der Waals surface area contributed by atoms with Crippen LogP contribution in [-0.4, -0.2) is 40.0 Å². The highest BCUT2D eigenvalue weighted by Gasteiger charge is 2.29. The van der Waals surface area contributed by atoms with Crippen molar-refractivity contribution in [2.75, 3.05) is 34.0 Å². The number of ether oxygens (including phenoxy) is 5. The first-order valence-electron chi connectivity index (χ1n) is 22.6. The number of hydrogen-bond acceptors (Lipinski definition) is 6. The Kier molecular flexibility index (Phi) is 14.7. The Morgan fingerprint density at radius 2 is 0.738 bits per heavy atom. The zero-order valence-corrected chi connectivity index (χ0v) is 40.6. The van der Waals surface area contributed by atoms with Gasteiger partial charge in [0.15, 0.2) is 6.61 Å². The minimum absolute atomic E-state index is 0.108. The molecule has 1 aliphatic carbocycles. The van der Waals surface area contributed by atoms with Crippen molar-refractivity contribution >= 4 is 5.97 Å². The van der Waals surface area contributed by atoms with E-state index < -0.39 is 5.97 Å². The van der Waals surface area contributed by atoms with Crippen LogP contribution in [0.2, 0.25) is 0 Å². The number of esters is 1. The molecule has 0 saturated carbocycles. The minimum Gasteiger partial charge on any atom is -0.496 e. The lowest BCUT2D eigenvalue weighted by Gasteiger charge is -2.29. The molecule has 8 bridgehead atoms. The first kappa shape index (κ1) is 47.6. The minimum atomic E-state index is -0.425. The molecule has 0 aromatic heterocycles. The lowest BCUT2D eigenvalue weighted by molar-refractivity contribution is -0.142. The van der Waals surface area contributed by atoms with Gasteiger partial charge >= 0.3 is 5.97 Å². The van der Waals surface area contributed by atoms with Crippen LogP contribution in [0.4, 0.5) is 0 Å². The second-order valence-electron chi connectivity index (χ2n) is 21.3. The van der Waals surface area contributed by atoms with Crippen molar-refractivity contribution in [2.24, 2.45) is 0 Å². The van der Waals surface area contributed by atoms with Crippen LogP contribution in [0.15, 0.2) is 48.5 Å². The number of hydrogen-bond donors (Lipinski definition) is 0. The van der Waals surface area contributed by atoms with Crippen molar-refractivity contribution in [2.45, 2.75) is 164 Å². The lowest BCUT2D eigenvalue weighted by Crippen LogP contribution is -2.19. The number of fused-ring (bicyclic) bond motifs is 8. The zero-order valence-electron chi connectivity index (χ0n) is 40.6. The van der Waals surface area contributed by atoms with Gasteiger partial charge in [0.2, 0.25) is 0 Å². The van der Waals surface area contributed by atoms with E-state index in [1.165, 1.54) is 29.4 Å². The Morgan fingerprint density at radius 3 is 1.00 bits per heavy atom. The summed E-state index contributed by atoms with van der Waals surface area (Å²) in [4.78, 5) is 12.8. The molecule has 6 nitrogen and oxygen atoms in total. The lowest BCUT2D eigenvalue weighted by atomic mass is 9.79. The first-order chi connectivity index (χ1) is 28.5. The number of carbonyl (C=O) groups excluding carboxylic acids is 1. The molecule has 0 heterocycles. The summed E-state index contributed by atoms with van der Waals surface area (Å²) in [6.07, 6.45) is 5.22. The van der Waals surface area contributed by atoms with Crippen LogP contribution in [-0.2, 0) is 56.9 Å². The smallest absolute Gasteiger partial charge is 0.343 e. The van der Waals surface area contributed by atoms with Crippen LogP contribution < -0.4 is 18.9 Å². The van der Waals surface area contributed by atoms with Crippen LogP contribution in [0.25, 0.3) is 0 Å². The fourth-order valence-corrected chi connectivity index (χ4v) is 8.15. The Balaban J connectivity index is 2.01. The quantitative estimate of drug-likeness (QED) is 0.0976. The van der Waals surface area contributed by atoms with Gasteiger partial charge in [0.25, 0.3) is 0 Å². The molecular formula is C55H76O6. The topological polar surface area (TPSA) is 63.2 Å². The van der Waals surface area contributed by atoms with Gasteiger partial charge in [-0.05, 0) is 101 Å². The summed E-state index contributed by atoms with van der Waals surface area (Å²) in [5, 5.41) is 0. The maximum absolute atomic E-state index is 12.8. The number of methoxy groups -OCH3 is 2. The molecule has 0 radical (unpaired) electrons. The highest BCUT2D eigenvalue weighted by molar-refractivity contribution is 5.71. The van der Waals surface area contributed by atoms with Crippen LogP contribution >= 0.6 is 0 Å². The molecular weight excluding hydrogens is 757 g/mol. The standard InChI is InChI=1S/C55H76O6/c1-17-19-21-60-50-39-24-38-29-44(53(6,7)8)28-37(49(38)59-20-18-2)22-35-26-43(52(3,4)5)27-36(48(35)58-16)23-41-32-46(55(12,13)14)33-42(51(41)61-34-47(56)57-15)25-40(50)31-45(30-39)54(9,10)11/h26-33H,17-25,34H2,1-16H3. The monoisotopic (exact) mass is 833 g/mol. The van der Waals surface area contributed by atoms with Crippen molar-refractivity contribution < 1.29 is 28.5 Å². The van der Waals surface area contributed by atoms with Crippen molar-refractivity contribution in [3.8, 4) is 23.0 Å². The predicted molar refractivity (Wildman–Crippen MR) is 252 cm³/mol. The normalized spacial score (nSPS) is 13.4. The van der Waals surface area contributed by atoms with Gasteiger partial charge in [0.05, 0.1) is 27.4 Å². The van der Waals surface area contributed by atoms with Gasteiger partial charge < -0.3 is 23.7 Å². The predicted octanol–water partition coefficient (Wildman–Crippen LogP) is 13.1. The number of carbonyl (C=O) groups is 1. The number of benzene rings is 4. The third kappa shape index (κ3) is 11.5. The van der Waals surface area contributed by atoms with Crippen LogP contribution in [0.1, 0.15) is 183 Å². The molecule has 0 amide bonds. The molecule has 0 spiro atoms. The largest absolute Gasteiger partial charge is 0.496 e.